The number of nitrogens with one attached hydrogen (secondary N) is 2. The van der Waals surface area contributed by atoms with Crippen molar-refractivity contribution in [2.45, 2.75) is 57.6 Å². The Morgan fingerprint density at radius 2 is 1.49 bits per heavy atom. The van der Waals surface area contributed by atoms with Gasteiger partial charge < -0.3 is 24.9 Å². The molecule has 0 unspecified atom stereocenters. The molecule has 0 radical (unpaired) electrons. The number of ether oxygens (including phenoxy) is 2. The van der Waals surface area contributed by atoms with Gasteiger partial charge in [0, 0.05) is 25.3 Å². The molecule has 1 aliphatic carbocycles. The Labute approximate surface area is 225 Å². The van der Waals surface area contributed by atoms with Crippen LogP contribution in [0.5, 0.6) is 0 Å². The zero-order valence-electron chi connectivity index (χ0n) is 22.0. The van der Waals surface area contributed by atoms with E-state index in [1.807, 2.05) is 48.5 Å². The number of rotatable bonds is 8. The van der Waals surface area contributed by atoms with Crippen molar-refractivity contribution in [2.24, 2.45) is 0 Å². The van der Waals surface area contributed by atoms with E-state index in [1.165, 1.54) is 0 Å². The van der Waals surface area contributed by atoms with Crippen LogP contribution >= 0.6 is 0 Å². The minimum atomic E-state index is -1.32. The lowest BCUT2D eigenvalue weighted by atomic mass is 9.98. The van der Waals surface area contributed by atoms with Gasteiger partial charge in [-0.2, -0.15) is 0 Å². The third-order valence-electron chi connectivity index (χ3n) is 6.21. The van der Waals surface area contributed by atoms with Gasteiger partial charge in [0.2, 0.25) is 0 Å². The van der Waals surface area contributed by atoms with Crippen LogP contribution in [-0.4, -0.2) is 59.8 Å². The molecule has 11 nitrogen and oxygen atoms in total. The Kier molecular flexibility index (Phi) is 8.18. The minimum Gasteiger partial charge on any atom is -0.449 e. The first-order chi connectivity index (χ1) is 18.5. The maximum Gasteiger partial charge on any atom is 0.407 e. The SMILES string of the molecule is CC(C)(C)OC(=O)NCC[C@H](NC(=O)OCC1c2ccccc2-c2ccccc21)C(=O)ON1C(=O)CCC1=O. The smallest absolute Gasteiger partial charge is 0.407 e. The Hall–Kier alpha value is -4.41. The molecular weight excluding hydrogens is 506 g/mol. The van der Waals surface area contributed by atoms with Crippen molar-refractivity contribution in [3.05, 3.63) is 59.7 Å². The molecule has 4 amide bonds. The van der Waals surface area contributed by atoms with Crippen molar-refractivity contribution < 1.29 is 38.3 Å². The molecule has 39 heavy (non-hydrogen) atoms. The standard InChI is InChI=1S/C28H31N3O8/c1-28(2,3)38-26(35)29-15-14-22(25(34)39-31-23(32)12-13-24(31)33)30-27(36)37-16-21-19-10-6-4-8-17(19)18-9-5-7-11-20(18)21/h4-11,21-22H,12-16H2,1-3H3,(H,29,35)(H,30,36)/t22-/m0/s1. The normalized spacial score (nSPS) is 15.3. The van der Waals surface area contributed by atoms with Gasteiger partial charge in [0.25, 0.3) is 11.8 Å². The summed E-state index contributed by atoms with van der Waals surface area (Å²) in [5.41, 5.74) is 3.46. The fraction of sp³-hybridized carbons (Fsp3) is 0.393. The third-order valence-corrected chi connectivity index (χ3v) is 6.21. The summed E-state index contributed by atoms with van der Waals surface area (Å²) in [7, 11) is 0. The minimum absolute atomic E-state index is 0.0148. The molecular formula is C28H31N3O8. The van der Waals surface area contributed by atoms with Gasteiger partial charge in [-0.3, -0.25) is 9.59 Å². The van der Waals surface area contributed by atoms with Crippen molar-refractivity contribution in [3.8, 4) is 11.1 Å². The lowest BCUT2D eigenvalue weighted by Gasteiger charge is -2.22. The molecule has 0 saturated carbocycles. The van der Waals surface area contributed by atoms with Crippen LogP contribution in [-0.2, 0) is 28.7 Å². The molecule has 1 heterocycles. The second kappa shape index (κ2) is 11.5. The molecule has 2 aliphatic rings. The van der Waals surface area contributed by atoms with Crippen LogP contribution in [0.15, 0.2) is 48.5 Å². The van der Waals surface area contributed by atoms with Gasteiger partial charge in [0.05, 0.1) is 0 Å². The Morgan fingerprint density at radius 3 is 2.05 bits per heavy atom. The van der Waals surface area contributed by atoms with E-state index >= 15 is 0 Å². The predicted octanol–water partition coefficient (Wildman–Crippen LogP) is 3.42. The first-order valence-electron chi connectivity index (χ1n) is 12.7. The number of carbonyl (C=O) groups is 5. The molecule has 0 aromatic heterocycles. The molecule has 1 aliphatic heterocycles. The van der Waals surface area contributed by atoms with E-state index in [2.05, 4.69) is 10.6 Å². The average molecular weight is 538 g/mol. The van der Waals surface area contributed by atoms with E-state index in [-0.39, 0.29) is 38.3 Å². The fourth-order valence-corrected chi connectivity index (χ4v) is 4.48. The van der Waals surface area contributed by atoms with Crippen LogP contribution in [0.3, 0.4) is 0 Å². The quantitative estimate of drug-likeness (QED) is 0.488. The van der Waals surface area contributed by atoms with Crippen LogP contribution in [0.4, 0.5) is 9.59 Å². The zero-order valence-corrected chi connectivity index (χ0v) is 22.0. The number of hydroxylamine groups is 2. The number of nitrogens with zero attached hydrogens (tertiary/aromatic N) is 1. The highest BCUT2D eigenvalue weighted by Crippen LogP contribution is 2.44. The van der Waals surface area contributed by atoms with Gasteiger partial charge >= 0.3 is 18.2 Å². The summed E-state index contributed by atoms with van der Waals surface area (Å²) in [5, 5.41) is 5.34. The second-order valence-corrected chi connectivity index (χ2v) is 10.2. The summed E-state index contributed by atoms with van der Waals surface area (Å²) in [4.78, 5) is 66.4. The van der Waals surface area contributed by atoms with Crippen molar-refractivity contribution in [1.82, 2.24) is 15.7 Å². The lowest BCUT2D eigenvalue weighted by Crippen LogP contribution is -2.47. The largest absolute Gasteiger partial charge is 0.449 e. The number of carbonyl (C=O) groups excluding carboxylic acids is 5. The van der Waals surface area contributed by atoms with Crippen molar-refractivity contribution in [3.63, 3.8) is 0 Å². The van der Waals surface area contributed by atoms with Crippen molar-refractivity contribution in [1.29, 1.82) is 0 Å². The topological polar surface area (TPSA) is 140 Å². The van der Waals surface area contributed by atoms with Crippen LogP contribution in [0.1, 0.15) is 57.1 Å². The van der Waals surface area contributed by atoms with Crippen molar-refractivity contribution in [2.75, 3.05) is 13.2 Å². The Bertz CT molecular complexity index is 1220. The lowest BCUT2D eigenvalue weighted by molar-refractivity contribution is -0.199. The molecule has 1 atom stereocenters. The van der Waals surface area contributed by atoms with E-state index in [1.54, 1.807) is 20.8 Å². The molecule has 2 aromatic carbocycles. The zero-order chi connectivity index (χ0) is 28.2. The molecule has 1 saturated heterocycles. The highest BCUT2D eigenvalue weighted by atomic mass is 16.7. The number of benzene rings is 2. The highest BCUT2D eigenvalue weighted by Gasteiger charge is 2.36. The summed E-state index contributed by atoms with van der Waals surface area (Å²) in [5.74, 6) is -2.54. The summed E-state index contributed by atoms with van der Waals surface area (Å²) < 4.78 is 10.7. The maximum absolute atomic E-state index is 12.8. The average Bonchev–Trinajstić information content (AvgIpc) is 3.37. The summed E-state index contributed by atoms with van der Waals surface area (Å²) in [6, 6.07) is 14.4. The Morgan fingerprint density at radius 1 is 0.923 bits per heavy atom. The number of amides is 4. The predicted molar refractivity (Wildman–Crippen MR) is 138 cm³/mol. The third kappa shape index (κ3) is 6.73. The second-order valence-electron chi connectivity index (χ2n) is 10.2. The first kappa shape index (κ1) is 27.6. The molecule has 2 N–H and O–H groups in total. The van der Waals surface area contributed by atoms with E-state index in [4.69, 9.17) is 14.3 Å². The maximum atomic E-state index is 12.8. The highest BCUT2D eigenvalue weighted by molar-refractivity contribution is 6.01. The number of imide groups is 1. The van der Waals surface area contributed by atoms with Gasteiger partial charge in [0.1, 0.15) is 18.2 Å². The summed E-state index contributed by atoms with van der Waals surface area (Å²) >= 11 is 0. The number of fused-ring (bicyclic) bond motifs is 3. The number of hydrogen-bond acceptors (Lipinski definition) is 8. The summed E-state index contributed by atoms with van der Waals surface area (Å²) in [6.45, 7) is 5.06. The van der Waals surface area contributed by atoms with Gasteiger partial charge in [0.15, 0.2) is 0 Å². The van der Waals surface area contributed by atoms with Crippen LogP contribution in [0, 0.1) is 0 Å². The van der Waals surface area contributed by atoms with Gasteiger partial charge in [-0.05, 0) is 49.4 Å². The molecule has 0 spiro atoms. The first-order valence-corrected chi connectivity index (χ1v) is 12.7. The van der Waals surface area contributed by atoms with Gasteiger partial charge in [-0.1, -0.05) is 48.5 Å². The molecule has 0 bridgehead atoms. The van der Waals surface area contributed by atoms with Crippen LogP contribution < -0.4 is 10.6 Å². The molecule has 4 rings (SSSR count). The van der Waals surface area contributed by atoms with E-state index in [0.717, 1.165) is 22.3 Å². The number of hydrogen-bond donors (Lipinski definition) is 2. The van der Waals surface area contributed by atoms with Gasteiger partial charge in [-0.15, -0.1) is 5.06 Å². The Balaban J connectivity index is 1.40. The van der Waals surface area contributed by atoms with Crippen LogP contribution in [0.25, 0.3) is 11.1 Å². The molecule has 11 heteroatoms. The van der Waals surface area contributed by atoms with Crippen molar-refractivity contribution >= 4 is 30.0 Å². The van der Waals surface area contributed by atoms with Gasteiger partial charge in [-0.25, -0.2) is 14.4 Å². The summed E-state index contributed by atoms with van der Waals surface area (Å²) in [6.07, 6.45) is -1.86. The van der Waals surface area contributed by atoms with E-state index in [0.29, 0.717) is 5.06 Å². The molecule has 2 aromatic rings. The van der Waals surface area contributed by atoms with E-state index in [9.17, 15) is 24.0 Å². The molecule has 206 valence electrons. The molecule has 1 fully saturated rings. The number of alkyl carbamates (subject to hydrolysis) is 2. The monoisotopic (exact) mass is 537 g/mol. The van der Waals surface area contributed by atoms with Crippen LogP contribution in [0.2, 0.25) is 0 Å². The fourth-order valence-electron chi connectivity index (χ4n) is 4.48. The van der Waals surface area contributed by atoms with E-state index < -0.39 is 41.6 Å².